The van der Waals surface area contributed by atoms with E-state index in [1.807, 2.05) is 25.1 Å². The molecule has 1 heterocycles. The molecule has 0 aromatic heterocycles. The fraction of sp³-hybridized carbons (Fsp3) is 0.308. The van der Waals surface area contributed by atoms with Crippen LogP contribution in [0.25, 0.3) is 11.1 Å². The summed E-state index contributed by atoms with van der Waals surface area (Å²) in [5, 5.41) is 0. The number of hydrogen-bond donors (Lipinski definition) is 0. The van der Waals surface area contributed by atoms with Crippen molar-refractivity contribution in [2.24, 2.45) is 0 Å². The quantitative estimate of drug-likeness (QED) is 0.323. The SMILES string of the molecule is CCCN1c2cccc(-c3cccc(OC(F)(F)F)c3)c2CC[C@@H]1c1cccc(OC(F)(F)F)c1. The highest BCUT2D eigenvalue weighted by Gasteiger charge is 2.33. The van der Waals surface area contributed by atoms with Crippen molar-refractivity contribution >= 4 is 5.69 Å². The highest BCUT2D eigenvalue weighted by Crippen LogP contribution is 2.44. The Morgan fingerprint density at radius 2 is 1.46 bits per heavy atom. The minimum atomic E-state index is -4.79. The summed E-state index contributed by atoms with van der Waals surface area (Å²) in [7, 11) is 0. The van der Waals surface area contributed by atoms with E-state index in [-0.39, 0.29) is 17.5 Å². The summed E-state index contributed by atoms with van der Waals surface area (Å²) in [6.45, 7) is 2.67. The van der Waals surface area contributed by atoms with Gasteiger partial charge in [-0.3, -0.25) is 0 Å². The van der Waals surface area contributed by atoms with Crippen LogP contribution in [-0.2, 0) is 6.42 Å². The molecule has 9 heteroatoms. The van der Waals surface area contributed by atoms with Gasteiger partial charge in [0.2, 0.25) is 0 Å². The van der Waals surface area contributed by atoms with Crippen LogP contribution in [0.5, 0.6) is 11.5 Å². The van der Waals surface area contributed by atoms with Crippen LogP contribution in [0.15, 0.2) is 66.7 Å². The third-order valence-electron chi connectivity index (χ3n) is 5.82. The molecule has 0 aliphatic carbocycles. The van der Waals surface area contributed by atoms with Crippen LogP contribution < -0.4 is 14.4 Å². The largest absolute Gasteiger partial charge is 0.573 e. The van der Waals surface area contributed by atoms with Crippen LogP contribution >= 0.6 is 0 Å². The maximum Gasteiger partial charge on any atom is 0.573 e. The van der Waals surface area contributed by atoms with Crippen molar-refractivity contribution in [1.82, 2.24) is 0 Å². The van der Waals surface area contributed by atoms with Crippen LogP contribution in [0.2, 0.25) is 0 Å². The molecule has 1 atom stereocenters. The molecule has 0 spiro atoms. The van der Waals surface area contributed by atoms with Crippen LogP contribution in [0.4, 0.5) is 32.0 Å². The van der Waals surface area contributed by atoms with Crippen LogP contribution in [0.1, 0.15) is 36.9 Å². The molecule has 1 aliphatic heterocycles. The normalized spacial score (nSPS) is 16.1. The minimum Gasteiger partial charge on any atom is -0.406 e. The highest BCUT2D eigenvalue weighted by molar-refractivity contribution is 5.76. The second-order valence-electron chi connectivity index (χ2n) is 8.25. The van der Waals surface area contributed by atoms with Crippen molar-refractivity contribution in [2.75, 3.05) is 11.4 Å². The second-order valence-corrected chi connectivity index (χ2v) is 8.25. The lowest BCUT2D eigenvalue weighted by Gasteiger charge is -2.40. The Bertz CT molecular complexity index is 1170. The van der Waals surface area contributed by atoms with Gasteiger partial charge in [-0.2, -0.15) is 0 Å². The average molecular weight is 495 g/mol. The molecule has 3 aromatic carbocycles. The van der Waals surface area contributed by atoms with Gasteiger partial charge >= 0.3 is 12.7 Å². The van der Waals surface area contributed by atoms with Gasteiger partial charge in [0.1, 0.15) is 11.5 Å². The number of rotatable bonds is 6. The topological polar surface area (TPSA) is 21.7 Å². The predicted octanol–water partition coefficient (Wildman–Crippen LogP) is 8.05. The van der Waals surface area contributed by atoms with Gasteiger partial charge in [-0.05, 0) is 71.8 Å². The Morgan fingerprint density at radius 1 is 0.829 bits per heavy atom. The molecule has 0 saturated heterocycles. The molecule has 0 radical (unpaired) electrons. The molecule has 0 saturated carbocycles. The minimum absolute atomic E-state index is 0.172. The van der Waals surface area contributed by atoms with E-state index in [1.165, 1.54) is 30.3 Å². The van der Waals surface area contributed by atoms with E-state index in [0.29, 0.717) is 30.5 Å². The number of halogens is 6. The van der Waals surface area contributed by atoms with Crippen LogP contribution in [0.3, 0.4) is 0 Å². The molecular weight excluding hydrogens is 472 g/mol. The fourth-order valence-corrected chi connectivity index (χ4v) is 4.63. The van der Waals surface area contributed by atoms with E-state index in [9.17, 15) is 26.3 Å². The molecule has 186 valence electrons. The molecule has 3 nitrogen and oxygen atoms in total. The Morgan fingerprint density at radius 3 is 2.11 bits per heavy atom. The summed E-state index contributed by atoms with van der Waals surface area (Å²) < 4.78 is 84.5. The van der Waals surface area contributed by atoms with Gasteiger partial charge in [-0.1, -0.05) is 43.3 Å². The van der Waals surface area contributed by atoms with E-state index in [0.717, 1.165) is 23.2 Å². The number of benzene rings is 3. The van der Waals surface area contributed by atoms with E-state index in [4.69, 9.17) is 0 Å². The Labute approximate surface area is 198 Å². The Hall–Kier alpha value is -3.36. The standard InChI is InChI=1S/C26H23F6NO2/c1-2-14-33-23(18-7-4-9-20(16-18)35-26(30,31)32)13-12-22-21(10-5-11-24(22)33)17-6-3-8-19(15-17)34-25(27,28)29/h3-11,15-16,23H,2,12-14H2,1H3/t23-/m1/s1. The summed E-state index contributed by atoms with van der Waals surface area (Å²) in [5.41, 5.74) is 3.98. The molecular formula is C26H23F6NO2. The molecule has 4 rings (SSSR count). The zero-order valence-corrected chi connectivity index (χ0v) is 18.8. The van der Waals surface area contributed by atoms with Gasteiger partial charge in [-0.15, -0.1) is 26.3 Å². The monoisotopic (exact) mass is 495 g/mol. The van der Waals surface area contributed by atoms with Gasteiger partial charge in [0.25, 0.3) is 0 Å². The zero-order chi connectivity index (χ0) is 25.2. The zero-order valence-electron chi connectivity index (χ0n) is 18.8. The fourth-order valence-electron chi connectivity index (χ4n) is 4.63. The first-order chi connectivity index (χ1) is 16.5. The van der Waals surface area contributed by atoms with Crippen molar-refractivity contribution in [3.63, 3.8) is 0 Å². The van der Waals surface area contributed by atoms with E-state index in [1.54, 1.807) is 18.2 Å². The maximum absolute atomic E-state index is 12.7. The van der Waals surface area contributed by atoms with E-state index >= 15 is 0 Å². The second kappa shape index (κ2) is 9.71. The van der Waals surface area contributed by atoms with E-state index < -0.39 is 12.7 Å². The van der Waals surface area contributed by atoms with Gasteiger partial charge in [0, 0.05) is 12.2 Å². The first-order valence-corrected chi connectivity index (χ1v) is 11.1. The Kier molecular flexibility index (Phi) is 6.87. The highest BCUT2D eigenvalue weighted by atomic mass is 19.4. The van der Waals surface area contributed by atoms with Crippen LogP contribution in [0, 0.1) is 0 Å². The number of alkyl halides is 6. The maximum atomic E-state index is 12.7. The van der Waals surface area contributed by atoms with Crippen molar-refractivity contribution in [2.45, 2.75) is 45.0 Å². The van der Waals surface area contributed by atoms with Crippen molar-refractivity contribution in [3.8, 4) is 22.6 Å². The number of fused-ring (bicyclic) bond motifs is 1. The van der Waals surface area contributed by atoms with Crippen molar-refractivity contribution < 1.29 is 35.8 Å². The Balaban J connectivity index is 1.70. The first-order valence-electron chi connectivity index (χ1n) is 11.1. The third kappa shape index (κ3) is 6.01. The van der Waals surface area contributed by atoms with Gasteiger partial charge in [-0.25, -0.2) is 0 Å². The number of nitrogens with zero attached hydrogens (tertiary/aromatic N) is 1. The lowest BCUT2D eigenvalue weighted by molar-refractivity contribution is -0.275. The van der Waals surface area contributed by atoms with Crippen LogP contribution in [-0.4, -0.2) is 19.3 Å². The molecule has 3 aromatic rings. The predicted molar refractivity (Wildman–Crippen MR) is 120 cm³/mol. The molecule has 35 heavy (non-hydrogen) atoms. The number of anilines is 1. The van der Waals surface area contributed by atoms with Gasteiger partial charge in [0.05, 0.1) is 6.04 Å². The molecule has 0 N–H and O–H groups in total. The molecule has 0 amide bonds. The summed E-state index contributed by atoms with van der Waals surface area (Å²) >= 11 is 0. The molecule has 0 bridgehead atoms. The summed E-state index contributed by atoms with van der Waals surface area (Å²) in [6.07, 6.45) is -7.54. The molecule has 0 unspecified atom stereocenters. The average Bonchev–Trinajstić information content (AvgIpc) is 2.77. The molecule has 0 fully saturated rings. The molecule has 1 aliphatic rings. The summed E-state index contributed by atoms with van der Waals surface area (Å²) in [6, 6.07) is 17.3. The van der Waals surface area contributed by atoms with Crippen molar-refractivity contribution in [1.29, 1.82) is 0 Å². The lowest BCUT2D eigenvalue weighted by Crippen LogP contribution is -2.34. The van der Waals surface area contributed by atoms with Gasteiger partial charge < -0.3 is 14.4 Å². The first kappa shape index (κ1) is 24.8. The lowest BCUT2D eigenvalue weighted by atomic mass is 9.86. The number of hydrogen-bond acceptors (Lipinski definition) is 3. The smallest absolute Gasteiger partial charge is 0.406 e. The third-order valence-corrected chi connectivity index (χ3v) is 5.82. The summed E-state index contributed by atoms with van der Waals surface area (Å²) in [5.74, 6) is -0.569. The summed E-state index contributed by atoms with van der Waals surface area (Å²) in [4.78, 5) is 2.14. The van der Waals surface area contributed by atoms with E-state index in [2.05, 4.69) is 14.4 Å². The van der Waals surface area contributed by atoms with Gasteiger partial charge in [0.15, 0.2) is 0 Å². The number of ether oxygens (including phenoxy) is 2. The van der Waals surface area contributed by atoms with Crippen molar-refractivity contribution in [3.05, 3.63) is 77.9 Å².